The molecule has 5 nitrogen and oxygen atoms in total. The molecule has 0 aliphatic heterocycles. The van der Waals surface area contributed by atoms with E-state index in [1.54, 1.807) is 6.07 Å². The molecule has 1 aromatic carbocycles. The molecule has 16 heavy (non-hydrogen) atoms. The van der Waals surface area contributed by atoms with Crippen molar-refractivity contribution in [3.05, 3.63) is 23.8 Å². The predicted molar refractivity (Wildman–Crippen MR) is 66.3 cm³/mol. The molecule has 0 spiro atoms. The van der Waals surface area contributed by atoms with Crippen molar-refractivity contribution in [1.82, 2.24) is 0 Å². The fourth-order valence-corrected chi connectivity index (χ4v) is 1.09. The molecule has 1 rings (SSSR count). The highest BCUT2D eigenvalue weighted by atomic mass is 35.5. The number of anilines is 1. The summed E-state index contributed by atoms with van der Waals surface area (Å²) in [6.07, 6.45) is 0.154. The second-order valence-electron chi connectivity index (χ2n) is 3.03. The van der Waals surface area contributed by atoms with Crippen molar-refractivity contribution in [2.45, 2.75) is 12.5 Å². The summed E-state index contributed by atoms with van der Waals surface area (Å²) in [6, 6.07) is 3.40. The molecule has 6 N–H and O–H groups in total. The maximum atomic E-state index is 10.5. The van der Waals surface area contributed by atoms with E-state index in [-0.39, 0.29) is 37.0 Å². The SMILES string of the molecule is Cl.Cl.Nc1cc(O)ccc1CC(N)C(=O)O. The van der Waals surface area contributed by atoms with Gasteiger partial charge in [0.1, 0.15) is 11.8 Å². The number of carbonyl (C=O) groups is 1. The molecule has 0 bridgehead atoms. The largest absolute Gasteiger partial charge is 0.508 e. The monoisotopic (exact) mass is 268 g/mol. The predicted octanol–water partition coefficient (Wildman–Crippen LogP) is 0.772. The average Bonchev–Trinajstić information content (AvgIpc) is 2.09. The van der Waals surface area contributed by atoms with Crippen LogP contribution >= 0.6 is 24.8 Å². The quantitative estimate of drug-likeness (QED) is 0.606. The van der Waals surface area contributed by atoms with Crippen LogP contribution in [-0.2, 0) is 11.2 Å². The maximum absolute atomic E-state index is 10.5. The third kappa shape index (κ3) is 4.57. The Hall–Kier alpha value is -1.17. The molecule has 1 atom stereocenters. The Kier molecular flexibility index (Phi) is 7.71. The van der Waals surface area contributed by atoms with Crippen LogP contribution in [0, 0.1) is 0 Å². The Morgan fingerprint density at radius 2 is 1.94 bits per heavy atom. The highest BCUT2D eigenvalue weighted by Crippen LogP contribution is 2.19. The molecule has 0 saturated heterocycles. The number of hydrogen-bond donors (Lipinski definition) is 4. The molecule has 7 heteroatoms. The van der Waals surface area contributed by atoms with Crippen LogP contribution in [0.5, 0.6) is 5.75 Å². The number of nitrogen functional groups attached to an aromatic ring is 1. The van der Waals surface area contributed by atoms with Crippen molar-refractivity contribution in [3.63, 3.8) is 0 Å². The Labute approximate surface area is 105 Å². The van der Waals surface area contributed by atoms with Crippen LogP contribution in [0.2, 0.25) is 0 Å². The van der Waals surface area contributed by atoms with Crippen molar-refractivity contribution < 1.29 is 15.0 Å². The highest BCUT2D eigenvalue weighted by molar-refractivity contribution is 5.85. The number of carboxylic acid groups (broad SMARTS) is 1. The molecule has 0 aliphatic rings. The summed E-state index contributed by atoms with van der Waals surface area (Å²) >= 11 is 0. The van der Waals surface area contributed by atoms with E-state index in [2.05, 4.69) is 0 Å². The van der Waals surface area contributed by atoms with Gasteiger partial charge in [-0.25, -0.2) is 0 Å². The molecule has 1 aromatic rings. The highest BCUT2D eigenvalue weighted by Gasteiger charge is 2.13. The normalized spacial score (nSPS) is 10.8. The minimum Gasteiger partial charge on any atom is -0.508 e. The Bertz CT molecular complexity index is 361. The number of benzene rings is 1. The molecule has 0 fully saturated rings. The van der Waals surface area contributed by atoms with Gasteiger partial charge in [0, 0.05) is 18.2 Å². The van der Waals surface area contributed by atoms with E-state index >= 15 is 0 Å². The van der Waals surface area contributed by atoms with Gasteiger partial charge in [0.15, 0.2) is 0 Å². The lowest BCUT2D eigenvalue weighted by Crippen LogP contribution is -2.32. The molecule has 0 aliphatic carbocycles. The molecule has 0 heterocycles. The number of halogens is 2. The summed E-state index contributed by atoms with van der Waals surface area (Å²) in [5.41, 5.74) is 11.9. The second-order valence-corrected chi connectivity index (χ2v) is 3.03. The number of nitrogens with two attached hydrogens (primary N) is 2. The minimum atomic E-state index is -1.07. The van der Waals surface area contributed by atoms with E-state index in [0.29, 0.717) is 11.3 Å². The fourth-order valence-electron chi connectivity index (χ4n) is 1.09. The van der Waals surface area contributed by atoms with Gasteiger partial charge in [-0.2, -0.15) is 0 Å². The van der Waals surface area contributed by atoms with Gasteiger partial charge in [-0.05, 0) is 11.6 Å². The summed E-state index contributed by atoms with van der Waals surface area (Å²) < 4.78 is 0. The lowest BCUT2D eigenvalue weighted by atomic mass is 10.0. The van der Waals surface area contributed by atoms with Crippen molar-refractivity contribution in [2.75, 3.05) is 5.73 Å². The number of aromatic hydroxyl groups is 1. The third-order valence-corrected chi connectivity index (χ3v) is 1.89. The number of hydrogen-bond acceptors (Lipinski definition) is 4. The van der Waals surface area contributed by atoms with E-state index in [9.17, 15) is 4.79 Å². The van der Waals surface area contributed by atoms with E-state index in [4.69, 9.17) is 21.7 Å². The van der Waals surface area contributed by atoms with E-state index < -0.39 is 12.0 Å². The molecule has 1 unspecified atom stereocenters. The first-order chi connectivity index (χ1) is 6.50. The smallest absolute Gasteiger partial charge is 0.320 e. The van der Waals surface area contributed by atoms with E-state index in [0.717, 1.165) is 0 Å². The molecule has 0 radical (unpaired) electrons. The number of phenols is 1. The van der Waals surface area contributed by atoms with Gasteiger partial charge in [0.05, 0.1) is 0 Å². The summed E-state index contributed by atoms with van der Waals surface area (Å²) in [6.45, 7) is 0. The lowest BCUT2D eigenvalue weighted by molar-refractivity contribution is -0.138. The van der Waals surface area contributed by atoms with Gasteiger partial charge in [-0.1, -0.05) is 6.07 Å². The van der Waals surface area contributed by atoms with Gasteiger partial charge in [-0.15, -0.1) is 24.8 Å². The summed E-state index contributed by atoms with van der Waals surface area (Å²) in [4.78, 5) is 10.5. The first-order valence-corrected chi connectivity index (χ1v) is 4.06. The van der Waals surface area contributed by atoms with Crippen molar-refractivity contribution in [3.8, 4) is 5.75 Å². The lowest BCUT2D eigenvalue weighted by Gasteiger charge is -2.09. The van der Waals surface area contributed by atoms with Crippen LogP contribution < -0.4 is 11.5 Å². The first kappa shape index (κ1) is 17.2. The fraction of sp³-hybridized carbons (Fsp3) is 0.222. The number of rotatable bonds is 3. The van der Waals surface area contributed by atoms with Crippen molar-refractivity contribution in [2.24, 2.45) is 5.73 Å². The van der Waals surface area contributed by atoms with Crippen LogP contribution in [0.3, 0.4) is 0 Å². The summed E-state index contributed by atoms with van der Waals surface area (Å²) in [7, 11) is 0. The van der Waals surface area contributed by atoms with Gasteiger partial charge in [-0.3, -0.25) is 4.79 Å². The van der Waals surface area contributed by atoms with E-state index in [1.807, 2.05) is 0 Å². The molecule has 92 valence electrons. The second kappa shape index (κ2) is 7.16. The van der Waals surface area contributed by atoms with Crippen LogP contribution in [0.15, 0.2) is 18.2 Å². The zero-order valence-corrected chi connectivity index (χ0v) is 9.92. The standard InChI is InChI=1S/C9H12N2O3.2ClH/c10-7-4-6(12)2-1-5(7)3-8(11)9(13)14;;/h1-2,4,8,12H,3,10-11H2,(H,13,14);2*1H. The Balaban J connectivity index is 0. The zero-order valence-electron chi connectivity index (χ0n) is 8.29. The van der Waals surface area contributed by atoms with Crippen LogP contribution in [-0.4, -0.2) is 22.2 Å². The molecular weight excluding hydrogens is 255 g/mol. The third-order valence-electron chi connectivity index (χ3n) is 1.89. The summed E-state index contributed by atoms with van der Waals surface area (Å²) in [5, 5.41) is 17.6. The number of phenolic OH excluding ortho intramolecular Hbond substituents is 1. The molecule has 0 amide bonds. The molecule has 0 saturated carbocycles. The van der Waals surface area contributed by atoms with Gasteiger partial charge >= 0.3 is 5.97 Å². The minimum absolute atomic E-state index is 0. The van der Waals surface area contributed by atoms with Crippen LogP contribution in [0.4, 0.5) is 5.69 Å². The number of carboxylic acids is 1. The molecular formula is C9H14Cl2N2O3. The van der Waals surface area contributed by atoms with Crippen molar-refractivity contribution in [1.29, 1.82) is 0 Å². The van der Waals surface area contributed by atoms with Gasteiger partial charge in [0.25, 0.3) is 0 Å². The van der Waals surface area contributed by atoms with Crippen molar-refractivity contribution >= 4 is 36.5 Å². The Morgan fingerprint density at radius 1 is 1.38 bits per heavy atom. The average molecular weight is 269 g/mol. The first-order valence-electron chi connectivity index (χ1n) is 4.06. The summed E-state index contributed by atoms with van der Waals surface area (Å²) in [5.74, 6) is -1.02. The topological polar surface area (TPSA) is 110 Å². The van der Waals surface area contributed by atoms with Crippen LogP contribution in [0.1, 0.15) is 5.56 Å². The van der Waals surface area contributed by atoms with Crippen LogP contribution in [0.25, 0.3) is 0 Å². The Morgan fingerprint density at radius 3 is 2.38 bits per heavy atom. The van der Waals surface area contributed by atoms with E-state index in [1.165, 1.54) is 12.1 Å². The molecule has 0 aromatic heterocycles. The maximum Gasteiger partial charge on any atom is 0.320 e. The zero-order chi connectivity index (χ0) is 10.7. The van der Waals surface area contributed by atoms with Gasteiger partial charge < -0.3 is 21.7 Å². The van der Waals surface area contributed by atoms with Gasteiger partial charge in [0.2, 0.25) is 0 Å². The number of aliphatic carboxylic acids is 1.